The molecule has 0 aliphatic carbocycles. The minimum absolute atomic E-state index is 0.219. The van der Waals surface area contributed by atoms with Crippen molar-refractivity contribution in [1.29, 1.82) is 0 Å². The number of aromatic nitrogens is 3. The topological polar surface area (TPSA) is 66.7 Å². The van der Waals surface area contributed by atoms with Crippen LogP contribution < -0.4 is 5.32 Å². The molecule has 2 N–H and O–H groups in total. The maximum Gasteiger partial charge on any atom is 0.152 e. The molecular formula is C14H16N4OS. The Bertz CT molecular complexity index is 671. The van der Waals surface area contributed by atoms with E-state index >= 15 is 0 Å². The molecule has 1 atom stereocenters. The smallest absolute Gasteiger partial charge is 0.152 e. The molecule has 3 heterocycles. The molecule has 20 heavy (non-hydrogen) atoms. The van der Waals surface area contributed by atoms with Gasteiger partial charge in [0.05, 0.1) is 12.2 Å². The first kappa shape index (κ1) is 13.1. The number of H-pyrrole nitrogens is 1. The number of aromatic amines is 1. The average molecular weight is 288 g/mol. The molecule has 0 amide bonds. The highest BCUT2D eigenvalue weighted by Gasteiger charge is 2.13. The maximum absolute atomic E-state index is 5.64. The second-order valence-electron chi connectivity index (χ2n) is 4.65. The number of hydrogen-bond acceptors (Lipinski definition) is 5. The zero-order valence-electron chi connectivity index (χ0n) is 11.4. The van der Waals surface area contributed by atoms with E-state index in [-0.39, 0.29) is 6.04 Å². The van der Waals surface area contributed by atoms with Gasteiger partial charge in [-0.2, -0.15) is 5.10 Å². The van der Waals surface area contributed by atoms with Crippen molar-refractivity contribution in [2.45, 2.75) is 26.4 Å². The van der Waals surface area contributed by atoms with Crippen LogP contribution in [-0.2, 0) is 6.54 Å². The normalized spacial score (nSPS) is 12.7. The van der Waals surface area contributed by atoms with E-state index in [4.69, 9.17) is 4.42 Å². The third-order valence-corrected chi connectivity index (χ3v) is 4.08. The molecule has 104 valence electrons. The Labute approximate surface area is 121 Å². The Morgan fingerprint density at radius 2 is 2.35 bits per heavy atom. The molecule has 3 rings (SSSR count). The SMILES string of the molecule is Cc1ccc(-c2[nH]ncc2CNC(C)c2nccs2)o1. The summed E-state index contributed by atoms with van der Waals surface area (Å²) in [5, 5.41) is 13.6. The van der Waals surface area contributed by atoms with Crippen LogP contribution in [0.4, 0.5) is 0 Å². The van der Waals surface area contributed by atoms with Crippen LogP contribution in [0.25, 0.3) is 11.5 Å². The molecule has 0 fully saturated rings. The van der Waals surface area contributed by atoms with Crippen molar-refractivity contribution in [3.63, 3.8) is 0 Å². The first-order chi connectivity index (χ1) is 9.74. The molecule has 0 bridgehead atoms. The monoisotopic (exact) mass is 288 g/mol. The fourth-order valence-corrected chi connectivity index (χ4v) is 2.70. The number of hydrogen-bond donors (Lipinski definition) is 2. The molecule has 0 aromatic carbocycles. The molecule has 3 aromatic rings. The van der Waals surface area contributed by atoms with Crippen LogP contribution in [-0.4, -0.2) is 15.2 Å². The van der Waals surface area contributed by atoms with Crippen LogP contribution in [0.5, 0.6) is 0 Å². The lowest BCUT2D eigenvalue weighted by Gasteiger charge is -2.10. The van der Waals surface area contributed by atoms with Crippen molar-refractivity contribution < 1.29 is 4.42 Å². The van der Waals surface area contributed by atoms with Crippen LogP contribution in [0, 0.1) is 6.92 Å². The Balaban J connectivity index is 1.71. The molecule has 3 aromatic heterocycles. The second-order valence-corrected chi connectivity index (χ2v) is 5.58. The van der Waals surface area contributed by atoms with Gasteiger partial charge in [0.2, 0.25) is 0 Å². The summed E-state index contributed by atoms with van der Waals surface area (Å²) in [4.78, 5) is 4.31. The first-order valence-corrected chi connectivity index (χ1v) is 7.34. The first-order valence-electron chi connectivity index (χ1n) is 6.46. The van der Waals surface area contributed by atoms with Crippen LogP contribution in [0.1, 0.15) is 29.3 Å². The molecule has 6 heteroatoms. The summed E-state index contributed by atoms with van der Waals surface area (Å²) in [6.07, 6.45) is 3.65. The summed E-state index contributed by atoms with van der Waals surface area (Å²) in [5.41, 5.74) is 2.01. The molecule has 0 saturated carbocycles. The van der Waals surface area contributed by atoms with Crippen molar-refractivity contribution in [3.8, 4) is 11.5 Å². The van der Waals surface area contributed by atoms with E-state index in [1.807, 2.05) is 36.8 Å². The van der Waals surface area contributed by atoms with Crippen LogP contribution in [0.2, 0.25) is 0 Å². The highest BCUT2D eigenvalue weighted by atomic mass is 32.1. The van der Waals surface area contributed by atoms with Gasteiger partial charge in [0, 0.05) is 23.7 Å². The number of thiazole rings is 1. The third-order valence-electron chi connectivity index (χ3n) is 3.13. The van der Waals surface area contributed by atoms with Crippen LogP contribution >= 0.6 is 11.3 Å². The summed E-state index contributed by atoms with van der Waals surface area (Å²) < 4.78 is 5.64. The Hall–Kier alpha value is -1.92. The Morgan fingerprint density at radius 3 is 3.05 bits per heavy atom. The molecule has 0 radical (unpaired) electrons. The molecule has 0 spiro atoms. The van der Waals surface area contributed by atoms with Gasteiger partial charge in [0.25, 0.3) is 0 Å². The number of furan rings is 1. The van der Waals surface area contributed by atoms with Gasteiger partial charge >= 0.3 is 0 Å². The summed E-state index contributed by atoms with van der Waals surface area (Å²) in [6.45, 7) is 4.75. The molecule has 1 unspecified atom stereocenters. The zero-order valence-corrected chi connectivity index (χ0v) is 12.2. The van der Waals surface area contributed by atoms with E-state index in [1.54, 1.807) is 11.3 Å². The van der Waals surface area contributed by atoms with E-state index in [0.717, 1.165) is 27.8 Å². The van der Waals surface area contributed by atoms with E-state index < -0.39 is 0 Å². The van der Waals surface area contributed by atoms with Crippen molar-refractivity contribution in [2.75, 3.05) is 0 Å². The lowest BCUT2D eigenvalue weighted by molar-refractivity contribution is 0.542. The summed E-state index contributed by atoms with van der Waals surface area (Å²) >= 11 is 1.66. The number of nitrogens with zero attached hydrogens (tertiary/aromatic N) is 2. The van der Waals surface area contributed by atoms with E-state index in [9.17, 15) is 0 Å². The summed E-state index contributed by atoms with van der Waals surface area (Å²) in [6, 6.07) is 4.12. The maximum atomic E-state index is 5.64. The highest BCUT2D eigenvalue weighted by Crippen LogP contribution is 2.24. The van der Waals surface area contributed by atoms with Gasteiger partial charge in [-0.25, -0.2) is 4.98 Å². The number of nitrogens with one attached hydrogen (secondary N) is 2. The Morgan fingerprint density at radius 1 is 1.45 bits per heavy atom. The largest absolute Gasteiger partial charge is 0.460 e. The van der Waals surface area contributed by atoms with E-state index in [2.05, 4.69) is 27.4 Å². The summed E-state index contributed by atoms with van der Waals surface area (Å²) in [5.74, 6) is 1.71. The van der Waals surface area contributed by atoms with Gasteiger partial charge in [-0.3, -0.25) is 5.10 Å². The standard InChI is InChI=1S/C14H16N4OS/c1-9-3-4-12(19-9)13-11(8-17-18-13)7-16-10(2)14-15-5-6-20-14/h3-6,8,10,16H,7H2,1-2H3,(H,17,18). The minimum atomic E-state index is 0.219. The van der Waals surface area contributed by atoms with Crippen molar-refractivity contribution in [1.82, 2.24) is 20.5 Å². The van der Waals surface area contributed by atoms with Crippen molar-refractivity contribution >= 4 is 11.3 Å². The third kappa shape index (κ3) is 2.66. The molecule has 0 saturated heterocycles. The number of rotatable bonds is 5. The van der Waals surface area contributed by atoms with E-state index in [0.29, 0.717) is 6.54 Å². The average Bonchev–Trinajstić information content (AvgIpc) is 3.16. The number of aryl methyl sites for hydroxylation is 1. The van der Waals surface area contributed by atoms with Crippen LogP contribution in [0.15, 0.2) is 34.3 Å². The van der Waals surface area contributed by atoms with Gasteiger partial charge in [-0.05, 0) is 26.0 Å². The minimum Gasteiger partial charge on any atom is -0.460 e. The van der Waals surface area contributed by atoms with Gasteiger partial charge in [0.1, 0.15) is 16.5 Å². The molecular weight excluding hydrogens is 272 g/mol. The van der Waals surface area contributed by atoms with Crippen molar-refractivity contribution in [2.24, 2.45) is 0 Å². The van der Waals surface area contributed by atoms with Crippen molar-refractivity contribution in [3.05, 3.63) is 46.2 Å². The van der Waals surface area contributed by atoms with E-state index in [1.165, 1.54) is 0 Å². The predicted octanol–water partition coefficient (Wildman–Crippen LogP) is 3.29. The highest BCUT2D eigenvalue weighted by molar-refractivity contribution is 7.09. The fraction of sp³-hybridized carbons (Fsp3) is 0.286. The van der Waals surface area contributed by atoms with Gasteiger partial charge in [-0.1, -0.05) is 0 Å². The lowest BCUT2D eigenvalue weighted by Crippen LogP contribution is -2.17. The zero-order chi connectivity index (χ0) is 13.9. The molecule has 5 nitrogen and oxygen atoms in total. The predicted molar refractivity (Wildman–Crippen MR) is 78.4 cm³/mol. The van der Waals surface area contributed by atoms with Gasteiger partial charge in [-0.15, -0.1) is 11.3 Å². The summed E-state index contributed by atoms with van der Waals surface area (Å²) in [7, 11) is 0. The molecule has 0 aliphatic rings. The second kappa shape index (κ2) is 5.60. The Kier molecular flexibility index (Phi) is 3.66. The molecule has 0 aliphatic heterocycles. The van der Waals surface area contributed by atoms with Gasteiger partial charge < -0.3 is 9.73 Å². The fourth-order valence-electron chi connectivity index (χ4n) is 2.03. The lowest BCUT2D eigenvalue weighted by atomic mass is 10.2. The quantitative estimate of drug-likeness (QED) is 0.756. The van der Waals surface area contributed by atoms with Gasteiger partial charge in [0.15, 0.2) is 5.76 Å². The van der Waals surface area contributed by atoms with Crippen LogP contribution in [0.3, 0.4) is 0 Å².